The van der Waals surface area contributed by atoms with Crippen molar-refractivity contribution in [3.63, 3.8) is 0 Å². The summed E-state index contributed by atoms with van der Waals surface area (Å²) in [6.45, 7) is 8.83. The number of thiophene rings is 1. The minimum absolute atomic E-state index is 0.520. The molecule has 1 nitrogen and oxygen atoms in total. The van der Waals surface area contributed by atoms with Gasteiger partial charge in [0.25, 0.3) is 0 Å². The molecule has 0 aliphatic heterocycles. The van der Waals surface area contributed by atoms with Crippen molar-refractivity contribution in [2.45, 2.75) is 32.7 Å². The smallest absolute Gasteiger partial charge is 0.178 e. The third kappa shape index (κ3) is 2.00. The number of rotatable bonds is 1. The fourth-order valence-electron chi connectivity index (χ4n) is 2.44. The summed E-state index contributed by atoms with van der Waals surface area (Å²) in [5.41, 5.74) is 1.52. The maximum Gasteiger partial charge on any atom is 0.178 e. The second-order valence-electron chi connectivity index (χ2n) is 4.97. The van der Waals surface area contributed by atoms with Crippen LogP contribution in [0.4, 0.5) is 0 Å². The topological polar surface area (TPSA) is 3.01 Å². The van der Waals surface area contributed by atoms with E-state index in [4.69, 9.17) is 0 Å². The van der Waals surface area contributed by atoms with Crippen molar-refractivity contribution in [2.24, 2.45) is 11.8 Å². The molecular weight excluding hydrogens is 202 g/mol. The molecule has 1 aliphatic carbocycles. The fraction of sp³-hybridized carbons (Fsp3) is 0.615. The van der Waals surface area contributed by atoms with Gasteiger partial charge in [-0.2, -0.15) is 0 Å². The lowest BCUT2D eigenvalue weighted by Gasteiger charge is -2.17. The SMILES string of the molecule is C=[N+](C)C1CC(C)C(C)Cc2sccc21. The van der Waals surface area contributed by atoms with Crippen LogP contribution in [0.5, 0.6) is 0 Å². The monoisotopic (exact) mass is 222 g/mol. The zero-order valence-corrected chi connectivity index (χ0v) is 10.7. The molecule has 0 fully saturated rings. The molecule has 0 bridgehead atoms. The molecule has 3 unspecified atom stereocenters. The highest BCUT2D eigenvalue weighted by Gasteiger charge is 2.31. The van der Waals surface area contributed by atoms with E-state index in [0.29, 0.717) is 6.04 Å². The second-order valence-corrected chi connectivity index (χ2v) is 5.97. The van der Waals surface area contributed by atoms with E-state index in [1.807, 2.05) is 11.3 Å². The summed E-state index contributed by atoms with van der Waals surface area (Å²) in [6, 6.07) is 2.81. The van der Waals surface area contributed by atoms with Crippen LogP contribution in [0.2, 0.25) is 0 Å². The van der Waals surface area contributed by atoms with Crippen molar-refractivity contribution >= 4 is 18.1 Å². The molecule has 0 N–H and O–H groups in total. The maximum atomic E-state index is 4.08. The zero-order valence-electron chi connectivity index (χ0n) is 9.86. The van der Waals surface area contributed by atoms with Gasteiger partial charge in [0, 0.05) is 16.9 Å². The van der Waals surface area contributed by atoms with Crippen LogP contribution < -0.4 is 0 Å². The summed E-state index contributed by atoms with van der Waals surface area (Å²) in [5, 5.41) is 2.23. The normalized spacial score (nSPS) is 30.7. The van der Waals surface area contributed by atoms with Crippen molar-refractivity contribution in [1.29, 1.82) is 0 Å². The van der Waals surface area contributed by atoms with Gasteiger partial charge in [-0.15, -0.1) is 11.3 Å². The van der Waals surface area contributed by atoms with E-state index < -0.39 is 0 Å². The Morgan fingerprint density at radius 2 is 2.13 bits per heavy atom. The summed E-state index contributed by atoms with van der Waals surface area (Å²) in [4.78, 5) is 1.58. The molecule has 0 aromatic carbocycles. The predicted octanol–water partition coefficient (Wildman–Crippen LogP) is 3.35. The highest BCUT2D eigenvalue weighted by Crippen LogP contribution is 2.38. The lowest BCUT2D eigenvalue weighted by Crippen LogP contribution is -2.16. The first-order chi connectivity index (χ1) is 7.09. The van der Waals surface area contributed by atoms with Gasteiger partial charge in [-0.05, 0) is 29.7 Å². The minimum Gasteiger partial charge on any atom is -0.238 e. The van der Waals surface area contributed by atoms with Crippen LogP contribution in [0.3, 0.4) is 0 Å². The third-order valence-corrected chi connectivity index (χ3v) is 4.70. The largest absolute Gasteiger partial charge is 0.238 e. The van der Waals surface area contributed by atoms with Gasteiger partial charge in [0.1, 0.15) is 13.8 Å². The fourth-order valence-corrected chi connectivity index (χ4v) is 3.51. The van der Waals surface area contributed by atoms with Crippen LogP contribution in [0.15, 0.2) is 11.4 Å². The Morgan fingerprint density at radius 1 is 1.40 bits per heavy atom. The Kier molecular flexibility index (Phi) is 2.96. The molecule has 0 amide bonds. The molecule has 0 spiro atoms. The summed E-state index contributed by atoms with van der Waals surface area (Å²) in [7, 11) is 2.09. The molecule has 0 radical (unpaired) electrons. The molecule has 1 aromatic heterocycles. The highest BCUT2D eigenvalue weighted by atomic mass is 32.1. The Labute approximate surface area is 96.5 Å². The van der Waals surface area contributed by atoms with E-state index in [-0.39, 0.29) is 0 Å². The minimum atomic E-state index is 0.520. The number of fused-ring (bicyclic) bond motifs is 1. The van der Waals surface area contributed by atoms with Gasteiger partial charge in [0.2, 0.25) is 0 Å². The lowest BCUT2D eigenvalue weighted by atomic mass is 9.90. The maximum absolute atomic E-state index is 4.08. The molecule has 2 heteroatoms. The van der Waals surface area contributed by atoms with E-state index >= 15 is 0 Å². The van der Waals surface area contributed by atoms with Gasteiger partial charge >= 0.3 is 0 Å². The quantitative estimate of drug-likeness (QED) is 0.389. The molecule has 15 heavy (non-hydrogen) atoms. The molecule has 1 heterocycles. The van der Waals surface area contributed by atoms with Gasteiger partial charge in [-0.3, -0.25) is 0 Å². The van der Waals surface area contributed by atoms with Crippen LogP contribution in [-0.2, 0) is 6.42 Å². The lowest BCUT2D eigenvalue weighted by molar-refractivity contribution is -0.538. The molecule has 0 saturated heterocycles. The molecule has 0 saturated carbocycles. The molecular formula is C13H20NS+. The van der Waals surface area contributed by atoms with E-state index in [1.165, 1.54) is 18.4 Å². The van der Waals surface area contributed by atoms with Gasteiger partial charge < -0.3 is 0 Å². The Hall–Kier alpha value is -0.630. The zero-order chi connectivity index (χ0) is 11.0. The van der Waals surface area contributed by atoms with Crippen LogP contribution in [0, 0.1) is 11.8 Å². The summed E-state index contributed by atoms with van der Waals surface area (Å²) in [5.74, 6) is 1.59. The van der Waals surface area contributed by atoms with E-state index in [2.05, 4.69) is 43.6 Å². The van der Waals surface area contributed by atoms with Crippen molar-refractivity contribution in [1.82, 2.24) is 0 Å². The standard InChI is InChI=1S/C13H20NS/c1-9-7-12(14(3)4)11-5-6-15-13(11)8-10(9)2/h5-6,9-10,12H,3,7-8H2,1-2,4H3/q+1. The Bertz CT molecular complexity index is 366. The molecule has 82 valence electrons. The Morgan fingerprint density at radius 3 is 2.80 bits per heavy atom. The summed E-state index contributed by atoms with van der Waals surface area (Å²) in [6.07, 6.45) is 2.49. The van der Waals surface area contributed by atoms with E-state index in [0.717, 1.165) is 11.8 Å². The van der Waals surface area contributed by atoms with Gasteiger partial charge in [-0.1, -0.05) is 13.8 Å². The first kappa shape index (κ1) is 10.9. The van der Waals surface area contributed by atoms with Crippen molar-refractivity contribution < 1.29 is 4.58 Å². The highest BCUT2D eigenvalue weighted by molar-refractivity contribution is 7.10. The summed E-state index contributed by atoms with van der Waals surface area (Å²) < 4.78 is 2.13. The first-order valence-corrected chi connectivity index (χ1v) is 6.57. The Balaban J connectivity index is 2.38. The van der Waals surface area contributed by atoms with Gasteiger partial charge in [0.15, 0.2) is 6.04 Å². The first-order valence-electron chi connectivity index (χ1n) is 5.69. The second kappa shape index (κ2) is 4.09. The van der Waals surface area contributed by atoms with Crippen LogP contribution in [0.1, 0.15) is 36.8 Å². The van der Waals surface area contributed by atoms with E-state index in [1.54, 1.807) is 4.88 Å². The molecule has 1 aliphatic rings. The van der Waals surface area contributed by atoms with Gasteiger partial charge in [-0.25, -0.2) is 4.58 Å². The van der Waals surface area contributed by atoms with E-state index in [9.17, 15) is 0 Å². The van der Waals surface area contributed by atoms with Crippen molar-refractivity contribution in [3.8, 4) is 0 Å². The van der Waals surface area contributed by atoms with Crippen molar-refractivity contribution in [2.75, 3.05) is 7.05 Å². The number of hydrogen-bond acceptors (Lipinski definition) is 1. The molecule has 2 rings (SSSR count). The molecule has 1 aromatic rings. The molecule has 3 atom stereocenters. The third-order valence-electron chi connectivity index (χ3n) is 3.74. The summed E-state index contributed by atoms with van der Waals surface area (Å²) >= 11 is 1.91. The van der Waals surface area contributed by atoms with Crippen molar-refractivity contribution in [3.05, 3.63) is 21.9 Å². The average molecular weight is 222 g/mol. The van der Waals surface area contributed by atoms with Crippen LogP contribution in [-0.4, -0.2) is 18.3 Å². The number of nitrogens with zero attached hydrogens (tertiary/aromatic N) is 1. The average Bonchev–Trinajstić information content (AvgIpc) is 2.57. The van der Waals surface area contributed by atoms with Crippen LogP contribution >= 0.6 is 11.3 Å². The predicted molar refractivity (Wildman–Crippen MR) is 67.0 cm³/mol. The van der Waals surface area contributed by atoms with Gasteiger partial charge in [0.05, 0.1) is 0 Å². The number of hydrogen-bond donors (Lipinski definition) is 0. The van der Waals surface area contributed by atoms with Crippen LogP contribution in [0.25, 0.3) is 0 Å².